The van der Waals surface area contributed by atoms with Crippen molar-refractivity contribution in [1.82, 2.24) is 24.7 Å². The summed E-state index contributed by atoms with van der Waals surface area (Å²) >= 11 is 1.07. The van der Waals surface area contributed by atoms with Gasteiger partial charge in [-0.15, -0.1) is 5.10 Å². The third-order valence-electron chi connectivity index (χ3n) is 4.01. The fourth-order valence-electron chi connectivity index (χ4n) is 2.75. The zero-order valence-corrected chi connectivity index (χ0v) is 15.1. The summed E-state index contributed by atoms with van der Waals surface area (Å²) in [5.74, 6) is 0.609. The maximum atomic E-state index is 13.1. The molecule has 0 unspecified atom stereocenters. The molecule has 0 fully saturated rings. The molecule has 0 aliphatic rings. The molecule has 2 aromatic heterocycles. The van der Waals surface area contributed by atoms with Crippen LogP contribution in [0, 0.1) is 0 Å². The Morgan fingerprint density at radius 2 is 1.75 bits per heavy atom. The molecule has 0 atom stereocenters. The highest BCUT2D eigenvalue weighted by molar-refractivity contribution is 7.98. The van der Waals surface area contributed by atoms with Crippen molar-refractivity contribution in [1.29, 1.82) is 0 Å². The molecular weight excluding hydrogens is 389 g/mol. The summed E-state index contributed by atoms with van der Waals surface area (Å²) in [6.45, 7) is 0. The van der Waals surface area contributed by atoms with E-state index in [1.165, 1.54) is 23.1 Å². The zero-order valence-electron chi connectivity index (χ0n) is 14.3. The average molecular weight is 402 g/mol. The van der Waals surface area contributed by atoms with Gasteiger partial charge < -0.3 is 5.73 Å². The summed E-state index contributed by atoms with van der Waals surface area (Å²) in [5, 5.41) is 5.31. The fraction of sp³-hybridized carbons (Fsp3) is 0.111. The molecule has 0 aliphatic heterocycles. The van der Waals surface area contributed by atoms with Crippen molar-refractivity contribution in [3.63, 3.8) is 0 Å². The first-order chi connectivity index (χ1) is 13.4. The number of benzene rings is 2. The van der Waals surface area contributed by atoms with E-state index in [0.717, 1.165) is 28.7 Å². The lowest BCUT2D eigenvalue weighted by molar-refractivity contribution is -0.138. The number of alkyl halides is 3. The molecule has 28 heavy (non-hydrogen) atoms. The Balaban J connectivity index is 1.63. The molecule has 0 spiro atoms. The molecule has 0 amide bonds. The molecule has 0 aliphatic carbocycles. The van der Waals surface area contributed by atoms with Crippen LogP contribution in [0.25, 0.3) is 16.7 Å². The lowest BCUT2D eigenvalue weighted by atomic mass is 10.1. The monoisotopic (exact) mass is 402 g/mol. The summed E-state index contributed by atoms with van der Waals surface area (Å²) in [6, 6.07) is 12.8. The third-order valence-corrected chi connectivity index (χ3v) is 4.90. The van der Waals surface area contributed by atoms with Crippen LogP contribution in [0.3, 0.4) is 0 Å². The maximum absolute atomic E-state index is 13.1. The second kappa shape index (κ2) is 7.12. The standard InChI is InChI=1S/C18H13F3N6S/c19-18(20,21)13-7-3-1-5-11(13)9-28-17-25-16(22)27(26-17)15-12-6-2-4-8-14(12)23-10-24-15/h1-8,10H,9H2,(H2,22,25,26). The van der Waals surface area contributed by atoms with Crippen LogP contribution in [0.2, 0.25) is 0 Å². The number of nitrogens with two attached hydrogens (primary N) is 1. The highest BCUT2D eigenvalue weighted by atomic mass is 32.2. The van der Waals surface area contributed by atoms with Crippen molar-refractivity contribution in [2.24, 2.45) is 0 Å². The normalized spacial score (nSPS) is 11.8. The van der Waals surface area contributed by atoms with Gasteiger partial charge in [-0.1, -0.05) is 42.1 Å². The lowest BCUT2D eigenvalue weighted by Crippen LogP contribution is -2.08. The molecule has 10 heteroatoms. The van der Waals surface area contributed by atoms with Crippen molar-refractivity contribution < 1.29 is 13.2 Å². The van der Waals surface area contributed by atoms with Crippen molar-refractivity contribution in [3.8, 4) is 5.82 Å². The van der Waals surface area contributed by atoms with Crippen LogP contribution in [0.15, 0.2) is 60.0 Å². The lowest BCUT2D eigenvalue weighted by Gasteiger charge is -2.11. The Bertz CT molecular complexity index is 1140. The number of nitrogen functional groups attached to an aromatic ring is 1. The summed E-state index contributed by atoms with van der Waals surface area (Å²) in [5.41, 5.74) is 6.17. The van der Waals surface area contributed by atoms with E-state index in [1.54, 1.807) is 6.07 Å². The number of anilines is 1. The number of nitrogens with zero attached hydrogens (tertiary/aromatic N) is 5. The second-order valence-corrected chi connectivity index (χ2v) is 6.76. The van der Waals surface area contributed by atoms with Gasteiger partial charge in [0.05, 0.1) is 11.1 Å². The summed E-state index contributed by atoms with van der Waals surface area (Å²) < 4.78 is 40.8. The van der Waals surface area contributed by atoms with E-state index in [0.29, 0.717) is 5.82 Å². The van der Waals surface area contributed by atoms with Gasteiger partial charge in [0, 0.05) is 11.1 Å². The summed E-state index contributed by atoms with van der Waals surface area (Å²) in [4.78, 5) is 12.6. The van der Waals surface area contributed by atoms with Crippen LogP contribution in [-0.4, -0.2) is 24.7 Å². The number of halogens is 3. The van der Waals surface area contributed by atoms with E-state index >= 15 is 0 Å². The molecule has 6 nitrogen and oxygen atoms in total. The van der Waals surface area contributed by atoms with Crippen LogP contribution < -0.4 is 5.73 Å². The Kier molecular flexibility index (Phi) is 4.63. The van der Waals surface area contributed by atoms with E-state index in [9.17, 15) is 13.2 Å². The second-order valence-electron chi connectivity index (χ2n) is 5.82. The topological polar surface area (TPSA) is 82.5 Å². The molecule has 2 aromatic carbocycles. The first kappa shape index (κ1) is 18.2. The molecule has 142 valence electrons. The smallest absolute Gasteiger partial charge is 0.368 e. The van der Waals surface area contributed by atoms with E-state index in [2.05, 4.69) is 20.1 Å². The van der Waals surface area contributed by atoms with Gasteiger partial charge in [-0.05, 0) is 23.8 Å². The number of hydrogen-bond acceptors (Lipinski definition) is 6. The molecule has 2 N–H and O–H groups in total. The summed E-state index contributed by atoms with van der Waals surface area (Å²) in [7, 11) is 0. The Morgan fingerprint density at radius 1 is 1.00 bits per heavy atom. The molecule has 4 aromatic rings. The van der Waals surface area contributed by atoms with E-state index in [1.807, 2.05) is 24.3 Å². The van der Waals surface area contributed by atoms with Crippen LogP contribution in [0.1, 0.15) is 11.1 Å². The quantitative estimate of drug-likeness (QED) is 0.518. The van der Waals surface area contributed by atoms with Crippen LogP contribution >= 0.6 is 11.8 Å². The van der Waals surface area contributed by atoms with Crippen LogP contribution in [-0.2, 0) is 11.9 Å². The maximum Gasteiger partial charge on any atom is 0.416 e. The van der Waals surface area contributed by atoms with Gasteiger partial charge in [-0.25, -0.2) is 9.97 Å². The van der Waals surface area contributed by atoms with Gasteiger partial charge in [0.2, 0.25) is 11.1 Å². The molecule has 4 rings (SSSR count). The number of thioether (sulfide) groups is 1. The first-order valence-electron chi connectivity index (χ1n) is 8.14. The molecule has 0 saturated heterocycles. The third kappa shape index (κ3) is 3.50. The SMILES string of the molecule is Nc1nc(SCc2ccccc2C(F)(F)F)nn1-c1ncnc2ccccc12. The number of aromatic nitrogens is 5. The van der Waals surface area contributed by atoms with Gasteiger partial charge in [0.1, 0.15) is 6.33 Å². The predicted molar refractivity (Wildman–Crippen MR) is 99.9 cm³/mol. The highest BCUT2D eigenvalue weighted by Gasteiger charge is 2.32. The van der Waals surface area contributed by atoms with E-state index in [-0.39, 0.29) is 22.4 Å². The minimum absolute atomic E-state index is 0.0592. The van der Waals surface area contributed by atoms with Crippen LogP contribution in [0.4, 0.5) is 19.1 Å². The van der Waals surface area contributed by atoms with Gasteiger partial charge in [-0.3, -0.25) is 0 Å². The van der Waals surface area contributed by atoms with Gasteiger partial charge in [0.25, 0.3) is 0 Å². The van der Waals surface area contributed by atoms with Gasteiger partial charge in [-0.2, -0.15) is 22.8 Å². The number of fused-ring (bicyclic) bond motifs is 1. The van der Waals surface area contributed by atoms with Gasteiger partial charge >= 0.3 is 6.18 Å². The largest absolute Gasteiger partial charge is 0.416 e. The highest BCUT2D eigenvalue weighted by Crippen LogP contribution is 2.34. The Morgan fingerprint density at radius 3 is 2.57 bits per heavy atom. The number of para-hydroxylation sites is 1. The zero-order chi connectivity index (χ0) is 19.7. The molecular formula is C18H13F3N6S. The molecule has 0 radical (unpaired) electrons. The van der Waals surface area contributed by atoms with Gasteiger partial charge in [0.15, 0.2) is 5.82 Å². The predicted octanol–water partition coefficient (Wildman–Crippen LogP) is 4.10. The van der Waals surface area contributed by atoms with Crippen molar-refractivity contribution >= 4 is 28.6 Å². The summed E-state index contributed by atoms with van der Waals surface area (Å²) in [6.07, 6.45) is -3.02. The molecule has 0 saturated carbocycles. The Labute approximate surface area is 161 Å². The Hall–Kier alpha value is -3.14. The van der Waals surface area contributed by atoms with Crippen molar-refractivity contribution in [2.45, 2.75) is 17.1 Å². The molecule has 0 bridgehead atoms. The first-order valence-corrected chi connectivity index (χ1v) is 9.12. The van der Waals surface area contributed by atoms with Crippen LogP contribution in [0.5, 0.6) is 0 Å². The minimum atomic E-state index is -4.41. The number of rotatable bonds is 4. The van der Waals surface area contributed by atoms with E-state index < -0.39 is 11.7 Å². The van der Waals surface area contributed by atoms with Crippen molar-refractivity contribution in [2.75, 3.05) is 5.73 Å². The van der Waals surface area contributed by atoms with E-state index in [4.69, 9.17) is 5.73 Å². The van der Waals surface area contributed by atoms with Crippen molar-refractivity contribution in [3.05, 3.63) is 66.0 Å². The fourth-order valence-corrected chi connectivity index (χ4v) is 3.58. The minimum Gasteiger partial charge on any atom is -0.368 e. The number of hydrogen-bond donors (Lipinski definition) is 1. The average Bonchev–Trinajstić information content (AvgIpc) is 3.06. The molecule has 2 heterocycles.